The molecule has 0 radical (unpaired) electrons. The van der Waals surface area contributed by atoms with Gasteiger partial charge in [0.15, 0.2) is 5.60 Å². The molecule has 3 amide bonds. The van der Waals surface area contributed by atoms with Crippen molar-refractivity contribution in [2.75, 3.05) is 18.4 Å². The molecule has 1 spiro atoms. The number of pyridine rings is 1. The number of benzene rings is 1. The van der Waals surface area contributed by atoms with Gasteiger partial charge < -0.3 is 20.4 Å². The van der Waals surface area contributed by atoms with E-state index in [4.69, 9.17) is 4.84 Å². The number of hydrogen-bond acceptors (Lipinski definition) is 5. The van der Waals surface area contributed by atoms with Gasteiger partial charge in [-0.25, -0.2) is 4.79 Å². The van der Waals surface area contributed by atoms with Crippen molar-refractivity contribution in [2.24, 2.45) is 5.16 Å². The van der Waals surface area contributed by atoms with Crippen LogP contribution in [-0.2, 0) is 16.2 Å². The largest absolute Gasteiger partial charge is 0.386 e. The van der Waals surface area contributed by atoms with Crippen molar-refractivity contribution >= 4 is 23.3 Å². The summed E-state index contributed by atoms with van der Waals surface area (Å²) >= 11 is 0. The zero-order valence-corrected chi connectivity index (χ0v) is 16.9. The molecule has 2 aliphatic rings. The minimum absolute atomic E-state index is 0.169. The van der Waals surface area contributed by atoms with E-state index in [-0.39, 0.29) is 11.9 Å². The van der Waals surface area contributed by atoms with Crippen molar-refractivity contribution < 1.29 is 14.4 Å². The van der Waals surface area contributed by atoms with Gasteiger partial charge in [-0.2, -0.15) is 0 Å². The van der Waals surface area contributed by atoms with Crippen molar-refractivity contribution in [3.05, 3.63) is 59.9 Å². The van der Waals surface area contributed by atoms with Crippen molar-refractivity contribution in [3.8, 4) is 0 Å². The molecule has 1 fully saturated rings. The maximum Gasteiger partial charge on any atom is 0.321 e. The summed E-state index contributed by atoms with van der Waals surface area (Å²) in [5.41, 5.74) is 2.59. The lowest BCUT2D eigenvalue weighted by atomic mass is 9.88. The molecule has 0 bridgehead atoms. The van der Waals surface area contributed by atoms with Crippen LogP contribution in [0.15, 0.2) is 53.9 Å². The number of oxime groups is 1. The van der Waals surface area contributed by atoms with Gasteiger partial charge in [-0.05, 0) is 49.6 Å². The number of piperidine rings is 1. The van der Waals surface area contributed by atoms with Crippen LogP contribution in [0.4, 0.5) is 10.5 Å². The molecule has 0 unspecified atom stereocenters. The lowest BCUT2D eigenvalue weighted by Gasteiger charge is -2.38. The lowest BCUT2D eigenvalue weighted by Crippen LogP contribution is -2.52. The third-order valence-corrected chi connectivity index (χ3v) is 5.43. The zero-order valence-electron chi connectivity index (χ0n) is 16.9. The predicted molar refractivity (Wildman–Crippen MR) is 113 cm³/mol. The van der Waals surface area contributed by atoms with Crippen LogP contribution in [0, 0.1) is 6.92 Å². The summed E-state index contributed by atoms with van der Waals surface area (Å²) in [6.45, 7) is 3.45. The normalized spacial score (nSPS) is 20.4. The molecule has 1 aromatic heterocycles. The van der Waals surface area contributed by atoms with Crippen molar-refractivity contribution in [2.45, 2.75) is 38.3 Å². The molecule has 156 valence electrons. The average Bonchev–Trinajstić information content (AvgIpc) is 3.17. The SMILES string of the molecule is Cc1ccc(NC(=O)N2CCC[C@@]3(CC(C(=O)NCc4ccncc4)=NO3)C2)cc1. The summed E-state index contributed by atoms with van der Waals surface area (Å²) in [4.78, 5) is 36.6. The molecule has 2 N–H and O–H groups in total. The number of rotatable bonds is 4. The number of hydrogen-bond donors (Lipinski definition) is 2. The smallest absolute Gasteiger partial charge is 0.321 e. The topological polar surface area (TPSA) is 95.9 Å². The Morgan fingerprint density at radius 2 is 1.93 bits per heavy atom. The summed E-state index contributed by atoms with van der Waals surface area (Å²) in [5.74, 6) is -0.245. The number of nitrogens with zero attached hydrogens (tertiary/aromatic N) is 3. The molecule has 2 aliphatic heterocycles. The second kappa shape index (κ2) is 8.52. The molecule has 2 aromatic rings. The van der Waals surface area contributed by atoms with E-state index in [1.54, 1.807) is 17.3 Å². The Morgan fingerprint density at radius 1 is 1.17 bits per heavy atom. The van der Waals surface area contributed by atoms with Gasteiger partial charge in [-0.15, -0.1) is 0 Å². The van der Waals surface area contributed by atoms with Crippen LogP contribution in [0.3, 0.4) is 0 Å². The monoisotopic (exact) mass is 407 g/mol. The van der Waals surface area contributed by atoms with Crippen LogP contribution >= 0.6 is 0 Å². The van der Waals surface area contributed by atoms with E-state index in [1.807, 2.05) is 43.3 Å². The highest BCUT2D eigenvalue weighted by Crippen LogP contribution is 2.33. The molecule has 1 saturated heterocycles. The Hall–Kier alpha value is -3.42. The molecule has 3 heterocycles. The highest BCUT2D eigenvalue weighted by Gasteiger charge is 2.45. The maximum atomic E-state index is 12.7. The number of anilines is 1. The van der Waals surface area contributed by atoms with Gasteiger partial charge in [-0.1, -0.05) is 22.9 Å². The first kappa shape index (κ1) is 19.9. The first-order valence-corrected chi connectivity index (χ1v) is 10.1. The van der Waals surface area contributed by atoms with Crippen LogP contribution < -0.4 is 10.6 Å². The van der Waals surface area contributed by atoms with E-state index in [2.05, 4.69) is 20.8 Å². The molecule has 30 heavy (non-hydrogen) atoms. The summed E-state index contributed by atoms with van der Waals surface area (Å²) in [6, 6.07) is 11.2. The number of aryl methyl sites for hydroxylation is 1. The van der Waals surface area contributed by atoms with Crippen molar-refractivity contribution in [1.29, 1.82) is 0 Å². The van der Waals surface area contributed by atoms with Gasteiger partial charge >= 0.3 is 6.03 Å². The molecule has 0 aliphatic carbocycles. The van der Waals surface area contributed by atoms with E-state index < -0.39 is 5.60 Å². The molecule has 1 atom stereocenters. The Morgan fingerprint density at radius 3 is 2.70 bits per heavy atom. The first-order valence-electron chi connectivity index (χ1n) is 10.1. The molecular weight excluding hydrogens is 382 g/mol. The molecular formula is C22H25N5O3. The van der Waals surface area contributed by atoms with Gasteiger partial charge in [0.2, 0.25) is 0 Å². The third kappa shape index (κ3) is 4.59. The van der Waals surface area contributed by atoms with E-state index in [0.29, 0.717) is 31.8 Å². The van der Waals surface area contributed by atoms with Crippen LogP contribution in [0.1, 0.15) is 30.4 Å². The number of likely N-dealkylation sites (tertiary alicyclic amines) is 1. The fourth-order valence-electron chi connectivity index (χ4n) is 3.76. The van der Waals surface area contributed by atoms with E-state index in [0.717, 1.165) is 29.7 Å². The number of nitrogens with one attached hydrogen (secondary N) is 2. The Labute approximate surface area is 175 Å². The van der Waals surface area contributed by atoms with Gasteiger partial charge in [-0.3, -0.25) is 9.78 Å². The molecule has 8 nitrogen and oxygen atoms in total. The highest BCUT2D eigenvalue weighted by atomic mass is 16.7. The second-order valence-electron chi connectivity index (χ2n) is 7.85. The summed E-state index contributed by atoms with van der Waals surface area (Å²) in [6.07, 6.45) is 5.31. The van der Waals surface area contributed by atoms with E-state index in [9.17, 15) is 9.59 Å². The standard InChI is InChI=1S/C22H25N5O3/c1-16-3-5-18(6-4-16)25-21(29)27-12-2-9-22(15-27)13-19(26-30-22)20(28)24-14-17-7-10-23-11-8-17/h3-8,10-11H,2,9,12-15H2,1H3,(H,24,28)(H,25,29)/t22-/m1/s1. The Kier molecular flexibility index (Phi) is 5.65. The zero-order chi connectivity index (χ0) is 21.0. The van der Waals surface area contributed by atoms with Gasteiger partial charge in [0.05, 0.1) is 6.54 Å². The minimum Gasteiger partial charge on any atom is -0.386 e. The number of amides is 3. The Bertz CT molecular complexity index is 945. The number of aromatic nitrogens is 1. The summed E-state index contributed by atoms with van der Waals surface area (Å²) in [5, 5.41) is 9.84. The quantitative estimate of drug-likeness (QED) is 0.815. The average molecular weight is 407 g/mol. The number of carbonyl (C=O) groups is 2. The molecule has 8 heteroatoms. The third-order valence-electron chi connectivity index (χ3n) is 5.43. The fraction of sp³-hybridized carbons (Fsp3) is 0.364. The number of carbonyl (C=O) groups excluding carboxylic acids is 2. The van der Waals surface area contributed by atoms with Gasteiger partial charge in [0.1, 0.15) is 5.71 Å². The highest BCUT2D eigenvalue weighted by molar-refractivity contribution is 6.39. The Balaban J connectivity index is 1.32. The first-order chi connectivity index (χ1) is 14.5. The number of urea groups is 1. The van der Waals surface area contributed by atoms with Crippen molar-refractivity contribution in [1.82, 2.24) is 15.2 Å². The predicted octanol–water partition coefficient (Wildman–Crippen LogP) is 2.85. The van der Waals surface area contributed by atoms with Gasteiger partial charge in [0.25, 0.3) is 5.91 Å². The summed E-state index contributed by atoms with van der Waals surface area (Å²) < 4.78 is 0. The maximum absolute atomic E-state index is 12.7. The van der Waals surface area contributed by atoms with Crippen LogP contribution in [-0.4, -0.2) is 46.2 Å². The van der Waals surface area contributed by atoms with Crippen molar-refractivity contribution in [3.63, 3.8) is 0 Å². The minimum atomic E-state index is -0.633. The lowest BCUT2D eigenvalue weighted by molar-refractivity contribution is -0.115. The van der Waals surface area contributed by atoms with E-state index in [1.165, 1.54) is 0 Å². The van der Waals surface area contributed by atoms with Crippen LogP contribution in [0.25, 0.3) is 0 Å². The van der Waals surface area contributed by atoms with E-state index >= 15 is 0 Å². The summed E-state index contributed by atoms with van der Waals surface area (Å²) in [7, 11) is 0. The van der Waals surface area contributed by atoms with Gasteiger partial charge in [0, 0.05) is 37.6 Å². The second-order valence-corrected chi connectivity index (χ2v) is 7.85. The molecule has 0 saturated carbocycles. The van der Waals surface area contributed by atoms with Crippen LogP contribution in [0.2, 0.25) is 0 Å². The molecule has 4 rings (SSSR count). The van der Waals surface area contributed by atoms with Crippen LogP contribution in [0.5, 0.6) is 0 Å². The fourth-order valence-corrected chi connectivity index (χ4v) is 3.76. The molecule has 1 aromatic carbocycles.